The first-order chi connectivity index (χ1) is 15.1. The van der Waals surface area contributed by atoms with E-state index in [1.54, 1.807) is 36.4 Å². The molecule has 1 aliphatic rings. The van der Waals surface area contributed by atoms with E-state index in [1.807, 2.05) is 17.0 Å². The summed E-state index contributed by atoms with van der Waals surface area (Å²) in [4.78, 5) is 25.0. The molecule has 0 aliphatic carbocycles. The first kappa shape index (κ1) is 21.4. The molecule has 0 atom stereocenters. The SMILES string of the molecule is O=C(CSc1cc(N2CCN(c3ccccc3F)CC2)ncn1)Nc1ccc(Cl)cc1. The van der Waals surface area contributed by atoms with Crippen molar-refractivity contribution in [1.82, 2.24) is 9.97 Å². The topological polar surface area (TPSA) is 61.4 Å². The van der Waals surface area contributed by atoms with E-state index in [9.17, 15) is 9.18 Å². The van der Waals surface area contributed by atoms with Crippen molar-refractivity contribution < 1.29 is 9.18 Å². The van der Waals surface area contributed by atoms with Crippen LogP contribution in [0.1, 0.15) is 0 Å². The number of hydrogen-bond acceptors (Lipinski definition) is 6. The molecule has 31 heavy (non-hydrogen) atoms. The minimum absolute atomic E-state index is 0.119. The number of aromatic nitrogens is 2. The summed E-state index contributed by atoms with van der Waals surface area (Å²) >= 11 is 7.21. The standard InChI is InChI=1S/C22H21ClFN5OS/c23-16-5-7-17(8-6-16)27-21(30)14-31-22-13-20(25-15-26-22)29-11-9-28(10-12-29)19-4-2-1-3-18(19)24/h1-8,13,15H,9-12,14H2,(H,27,30). The van der Waals surface area contributed by atoms with Crippen molar-refractivity contribution >= 4 is 46.5 Å². The van der Waals surface area contributed by atoms with Crippen LogP contribution in [0.2, 0.25) is 5.02 Å². The number of halogens is 2. The summed E-state index contributed by atoms with van der Waals surface area (Å²) in [7, 11) is 0. The quantitative estimate of drug-likeness (QED) is 0.439. The highest BCUT2D eigenvalue weighted by atomic mass is 35.5. The molecular formula is C22H21ClFN5OS. The number of carbonyl (C=O) groups is 1. The van der Waals surface area contributed by atoms with Gasteiger partial charge in [-0.3, -0.25) is 4.79 Å². The first-order valence-electron chi connectivity index (χ1n) is 9.83. The minimum Gasteiger partial charge on any atom is -0.366 e. The van der Waals surface area contributed by atoms with Crippen molar-refractivity contribution in [2.24, 2.45) is 0 Å². The summed E-state index contributed by atoms with van der Waals surface area (Å²) in [6.45, 7) is 2.87. The highest BCUT2D eigenvalue weighted by Crippen LogP contribution is 2.24. The predicted molar refractivity (Wildman–Crippen MR) is 124 cm³/mol. The average molecular weight is 458 g/mol. The maximum absolute atomic E-state index is 14.0. The zero-order valence-corrected chi connectivity index (χ0v) is 18.2. The molecule has 2 aromatic carbocycles. The van der Waals surface area contributed by atoms with Gasteiger partial charge in [-0.05, 0) is 36.4 Å². The van der Waals surface area contributed by atoms with Crippen LogP contribution in [0.25, 0.3) is 0 Å². The Labute approximate surface area is 189 Å². The average Bonchev–Trinajstić information content (AvgIpc) is 2.80. The molecule has 0 radical (unpaired) electrons. The highest BCUT2D eigenvalue weighted by Gasteiger charge is 2.20. The molecule has 0 saturated carbocycles. The summed E-state index contributed by atoms with van der Waals surface area (Å²) < 4.78 is 14.0. The first-order valence-corrected chi connectivity index (χ1v) is 11.2. The Hall–Kier alpha value is -2.84. The van der Waals surface area contributed by atoms with Crippen LogP contribution in [0, 0.1) is 5.82 Å². The second-order valence-electron chi connectivity index (χ2n) is 6.98. The molecule has 1 aromatic heterocycles. The second-order valence-corrected chi connectivity index (χ2v) is 8.42. The second kappa shape index (κ2) is 9.98. The van der Waals surface area contributed by atoms with Gasteiger partial charge in [-0.2, -0.15) is 0 Å². The van der Waals surface area contributed by atoms with E-state index in [4.69, 9.17) is 11.6 Å². The number of rotatable bonds is 6. The molecule has 6 nitrogen and oxygen atoms in total. The lowest BCUT2D eigenvalue weighted by Crippen LogP contribution is -2.47. The molecule has 0 bridgehead atoms. The molecule has 160 valence electrons. The number of nitrogens with zero attached hydrogens (tertiary/aromatic N) is 4. The molecule has 0 unspecified atom stereocenters. The van der Waals surface area contributed by atoms with Crippen LogP contribution in [-0.2, 0) is 4.79 Å². The summed E-state index contributed by atoms with van der Waals surface area (Å²) in [5.74, 6) is 0.725. The Morgan fingerprint density at radius 1 is 1.03 bits per heavy atom. The number of amides is 1. The number of nitrogens with one attached hydrogen (secondary N) is 1. The third-order valence-corrected chi connectivity index (χ3v) is 6.08. The van der Waals surface area contributed by atoms with E-state index >= 15 is 0 Å². The monoisotopic (exact) mass is 457 g/mol. The van der Waals surface area contributed by atoms with Gasteiger partial charge in [0, 0.05) is 43.0 Å². The van der Waals surface area contributed by atoms with Gasteiger partial charge in [0.15, 0.2) is 0 Å². The molecule has 4 rings (SSSR count). The van der Waals surface area contributed by atoms with Gasteiger partial charge in [0.2, 0.25) is 5.91 Å². The van der Waals surface area contributed by atoms with Gasteiger partial charge < -0.3 is 15.1 Å². The molecule has 1 amide bonds. The Bertz CT molecular complexity index is 1040. The fourth-order valence-corrected chi connectivity index (χ4v) is 4.12. The van der Waals surface area contributed by atoms with E-state index < -0.39 is 0 Å². The summed E-state index contributed by atoms with van der Waals surface area (Å²) in [5.41, 5.74) is 1.33. The largest absolute Gasteiger partial charge is 0.366 e. The molecule has 0 spiro atoms. The summed E-state index contributed by atoms with van der Waals surface area (Å²) in [6.07, 6.45) is 1.51. The van der Waals surface area contributed by atoms with Crippen molar-refractivity contribution in [3.63, 3.8) is 0 Å². The van der Waals surface area contributed by atoms with Gasteiger partial charge in [0.05, 0.1) is 11.4 Å². The highest BCUT2D eigenvalue weighted by molar-refractivity contribution is 7.99. The molecule has 1 N–H and O–H groups in total. The predicted octanol–water partition coefficient (Wildman–Crippen LogP) is 4.33. The van der Waals surface area contributed by atoms with E-state index in [0.717, 1.165) is 23.9 Å². The Balaban J connectivity index is 1.31. The van der Waals surface area contributed by atoms with Gasteiger partial charge in [0.25, 0.3) is 0 Å². The number of thioether (sulfide) groups is 1. The van der Waals surface area contributed by atoms with E-state index in [-0.39, 0.29) is 17.5 Å². The van der Waals surface area contributed by atoms with Gasteiger partial charge in [-0.25, -0.2) is 14.4 Å². The molecule has 9 heteroatoms. The normalized spacial score (nSPS) is 13.9. The van der Waals surface area contributed by atoms with Crippen molar-refractivity contribution in [2.45, 2.75) is 5.03 Å². The van der Waals surface area contributed by atoms with Crippen LogP contribution in [0.15, 0.2) is 66.0 Å². The fraction of sp³-hybridized carbons (Fsp3) is 0.227. The van der Waals surface area contributed by atoms with Crippen LogP contribution < -0.4 is 15.1 Å². The third-order valence-electron chi connectivity index (χ3n) is 4.90. The number of piperazine rings is 1. The number of carbonyl (C=O) groups excluding carboxylic acids is 1. The fourth-order valence-electron chi connectivity index (χ4n) is 3.34. The van der Waals surface area contributed by atoms with Gasteiger partial charge in [0.1, 0.15) is 23.0 Å². The van der Waals surface area contributed by atoms with Crippen LogP contribution in [0.5, 0.6) is 0 Å². The maximum atomic E-state index is 14.0. The number of anilines is 3. The Morgan fingerprint density at radius 2 is 1.74 bits per heavy atom. The van der Waals surface area contributed by atoms with Crippen LogP contribution in [0.4, 0.5) is 21.6 Å². The summed E-state index contributed by atoms with van der Waals surface area (Å²) in [5, 5.41) is 4.18. The minimum atomic E-state index is -0.200. The number of hydrogen-bond donors (Lipinski definition) is 1. The number of para-hydroxylation sites is 1. The van der Waals surface area contributed by atoms with E-state index in [2.05, 4.69) is 20.2 Å². The van der Waals surface area contributed by atoms with Gasteiger partial charge in [-0.15, -0.1) is 0 Å². The van der Waals surface area contributed by atoms with Crippen molar-refractivity contribution in [1.29, 1.82) is 0 Å². The smallest absolute Gasteiger partial charge is 0.234 e. The van der Waals surface area contributed by atoms with Crippen LogP contribution in [0.3, 0.4) is 0 Å². The third kappa shape index (κ3) is 5.65. The van der Waals surface area contributed by atoms with Crippen molar-refractivity contribution in [3.8, 4) is 0 Å². The molecule has 2 heterocycles. The van der Waals surface area contributed by atoms with Crippen molar-refractivity contribution in [3.05, 3.63) is 71.8 Å². The van der Waals surface area contributed by atoms with Gasteiger partial charge >= 0.3 is 0 Å². The van der Waals surface area contributed by atoms with Crippen molar-refractivity contribution in [2.75, 3.05) is 47.0 Å². The molecule has 3 aromatic rings. The van der Waals surface area contributed by atoms with E-state index in [0.29, 0.717) is 29.5 Å². The molecule has 1 aliphatic heterocycles. The Morgan fingerprint density at radius 3 is 2.48 bits per heavy atom. The Kier molecular flexibility index (Phi) is 6.89. The lowest BCUT2D eigenvalue weighted by molar-refractivity contribution is -0.113. The van der Waals surface area contributed by atoms with Gasteiger partial charge in [-0.1, -0.05) is 35.5 Å². The number of benzene rings is 2. The maximum Gasteiger partial charge on any atom is 0.234 e. The van der Waals surface area contributed by atoms with E-state index in [1.165, 1.54) is 24.2 Å². The zero-order valence-electron chi connectivity index (χ0n) is 16.7. The zero-order chi connectivity index (χ0) is 21.6. The molecule has 1 saturated heterocycles. The molecular weight excluding hydrogens is 437 g/mol. The summed E-state index contributed by atoms with van der Waals surface area (Å²) in [6, 6.07) is 15.7. The van der Waals surface area contributed by atoms with Crippen LogP contribution in [-0.4, -0.2) is 47.8 Å². The molecule has 1 fully saturated rings. The lowest BCUT2D eigenvalue weighted by atomic mass is 10.2. The van der Waals surface area contributed by atoms with Crippen LogP contribution >= 0.6 is 23.4 Å². The lowest BCUT2D eigenvalue weighted by Gasteiger charge is -2.36.